The summed E-state index contributed by atoms with van der Waals surface area (Å²) >= 11 is 0. The summed E-state index contributed by atoms with van der Waals surface area (Å²) in [6, 6.07) is -1.42. The molecule has 0 aliphatic rings. The van der Waals surface area contributed by atoms with Gasteiger partial charge in [0.25, 0.3) is 0 Å². The molecule has 0 rings (SSSR count). The minimum Gasteiger partial charge on any atom is -0.480 e. The second kappa shape index (κ2) is 10.4. The number of unbranched alkanes of at least 4 members (excludes halogenated alkanes) is 2. The number of urea groups is 1. The SMILES string of the molecule is C#CCCCCNC(=O)NC(CCOC)C(=O)O. The van der Waals surface area contributed by atoms with E-state index < -0.39 is 18.0 Å². The van der Waals surface area contributed by atoms with Gasteiger partial charge < -0.3 is 20.5 Å². The van der Waals surface area contributed by atoms with Crippen molar-refractivity contribution in [3.63, 3.8) is 0 Å². The lowest BCUT2D eigenvalue weighted by atomic mass is 10.2. The number of carboxylic acid groups (broad SMARTS) is 1. The summed E-state index contributed by atoms with van der Waals surface area (Å²) in [6.45, 7) is 0.754. The van der Waals surface area contributed by atoms with Crippen LogP contribution in [0.2, 0.25) is 0 Å². The normalized spacial score (nSPS) is 11.3. The topological polar surface area (TPSA) is 87.7 Å². The molecule has 1 unspecified atom stereocenters. The van der Waals surface area contributed by atoms with Gasteiger partial charge >= 0.3 is 12.0 Å². The van der Waals surface area contributed by atoms with Gasteiger partial charge in [0.15, 0.2) is 0 Å². The van der Waals surface area contributed by atoms with Crippen LogP contribution in [0.4, 0.5) is 4.79 Å². The highest BCUT2D eigenvalue weighted by atomic mass is 16.5. The van der Waals surface area contributed by atoms with Gasteiger partial charge in [-0.05, 0) is 12.8 Å². The van der Waals surface area contributed by atoms with Crippen LogP contribution in [-0.2, 0) is 9.53 Å². The Balaban J connectivity index is 3.81. The fraction of sp³-hybridized carbons (Fsp3) is 0.667. The lowest BCUT2D eigenvalue weighted by molar-refractivity contribution is -0.139. The standard InChI is InChI=1S/C12H20N2O4/c1-3-4-5-6-8-13-12(17)14-10(11(15)16)7-9-18-2/h1,10H,4-9H2,2H3,(H,15,16)(H2,13,14,17). The van der Waals surface area contributed by atoms with Crippen molar-refractivity contribution in [1.29, 1.82) is 0 Å². The fourth-order valence-electron chi connectivity index (χ4n) is 1.26. The smallest absolute Gasteiger partial charge is 0.326 e. The molecule has 102 valence electrons. The first-order valence-electron chi connectivity index (χ1n) is 5.81. The Morgan fingerprint density at radius 3 is 2.72 bits per heavy atom. The molecule has 3 N–H and O–H groups in total. The van der Waals surface area contributed by atoms with Gasteiger partial charge in [-0.2, -0.15) is 0 Å². The summed E-state index contributed by atoms with van der Waals surface area (Å²) in [7, 11) is 1.48. The molecule has 0 heterocycles. The third-order valence-electron chi connectivity index (χ3n) is 2.25. The summed E-state index contributed by atoms with van der Waals surface area (Å²) in [4.78, 5) is 22.2. The Bertz CT molecular complexity index is 299. The molecule has 2 amide bonds. The maximum atomic E-state index is 11.4. The summed E-state index contributed by atoms with van der Waals surface area (Å²) in [5, 5.41) is 13.8. The van der Waals surface area contributed by atoms with E-state index in [1.807, 2.05) is 0 Å². The Morgan fingerprint density at radius 2 is 2.17 bits per heavy atom. The second-order valence-electron chi connectivity index (χ2n) is 3.73. The zero-order valence-corrected chi connectivity index (χ0v) is 10.6. The number of aliphatic carboxylic acids is 1. The van der Waals surface area contributed by atoms with Crippen molar-refractivity contribution in [1.82, 2.24) is 10.6 Å². The van der Waals surface area contributed by atoms with E-state index >= 15 is 0 Å². The number of hydrogen-bond donors (Lipinski definition) is 3. The van der Waals surface area contributed by atoms with E-state index in [1.165, 1.54) is 7.11 Å². The minimum absolute atomic E-state index is 0.232. The molecular formula is C12H20N2O4. The van der Waals surface area contributed by atoms with E-state index in [1.54, 1.807) is 0 Å². The quantitative estimate of drug-likeness (QED) is 0.416. The molecule has 6 nitrogen and oxygen atoms in total. The van der Waals surface area contributed by atoms with Crippen LogP contribution in [0.3, 0.4) is 0 Å². The molecule has 18 heavy (non-hydrogen) atoms. The molecule has 0 aromatic rings. The predicted molar refractivity (Wildman–Crippen MR) is 67.1 cm³/mol. The largest absolute Gasteiger partial charge is 0.480 e. The summed E-state index contributed by atoms with van der Waals surface area (Å²) in [6.07, 6.45) is 7.60. The summed E-state index contributed by atoms with van der Waals surface area (Å²) in [5.41, 5.74) is 0. The van der Waals surface area contributed by atoms with Gasteiger partial charge in [-0.15, -0.1) is 12.3 Å². The zero-order chi connectivity index (χ0) is 13.8. The van der Waals surface area contributed by atoms with Crippen LogP contribution < -0.4 is 10.6 Å². The molecule has 0 radical (unpaired) electrons. The lowest BCUT2D eigenvalue weighted by Crippen LogP contribution is -2.46. The highest BCUT2D eigenvalue weighted by Gasteiger charge is 2.18. The van der Waals surface area contributed by atoms with Crippen molar-refractivity contribution in [3.05, 3.63) is 0 Å². The summed E-state index contributed by atoms with van der Waals surface area (Å²) < 4.78 is 4.78. The molecule has 0 aliphatic heterocycles. The van der Waals surface area contributed by atoms with Crippen LogP contribution in [0.25, 0.3) is 0 Å². The number of carbonyl (C=O) groups excluding carboxylic acids is 1. The summed E-state index contributed by atoms with van der Waals surface area (Å²) in [5.74, 6) is 1.43. The molecular weight excluding hydrogens is 236 g/mol. The van der Waals surface area contributed by atoms with Crippen LogP contribution >= 0.6 is 0 Å². The minimum atomic E-state index is -1.07. The molecule has 0 aromatic heterocycles. The number of methoxy groups -OCH3 is 1. The Morgan fingerprint density at radius 1 is 1.44 bits per heavy atom. The number of rotatable bonds is 9. The van der Waals surface area contributed by atoms with Crippen molar-refractivity contribution >= 4 is 12.0 Å². The van der Waals surface area contributed by atoms with Crippen molar-refractivity contribution in [3.8, 4) is 12.3 Å². The number of nitrogens with one attached hydrogen (secondary N) is 2. The molecule has 6 heteroatoms. The molecule has 0 spiro atoms. The van der Waals surface area contributed by atoms with E-state index in [0.29, 0.717) is 13.0 Å². The number of terminal acetylenes is 1. The van der Waals surface area contributed by atoms with Gasteiger partial charge in [-0.1, -0.05) is 0 Å². The number of ether oxygens (including phenoxy) is 1. The predicted octanol–water partition coefficient (Wildman–Crippen LogP) is 0.579. The molecule has 0 aromatic carbocycles. The van der Waals surface area contributed by atoms with Crippen molar-refractivity contribution < 1.29 is 19.4 Å². The first-order chi connectivity index (χ1) is 8.61. The van der Waals surface area contributed by atoms with Crippen molar-refractivity contribution in [2.45, 2.75) is 31.7 Å². The highest BCUT2D eigenvalue weighted by molar-refractivity contribution is 5.82. The number of carboxylic acids is 1. The number of hydrogen-bond acceptors (Lipinski definition) is 3. The van der Waals surface area contributed by atoms with Crippen LogP contribution in [0.1, 0.15) is 25.7 Å². The fourth-order valence-corrected chi connectivity index (χ4v) is 1.26. The van der Waals surface area contributed by atoms with Gasteiger partial charge in [0.05, 0.1) is 0 Å². The number of amides is 2. The van der Waals surface area contributed by atoms with E-state index in [9.17, 15) is 9.59 Å². The van der Waals surface area contributed by atoms with E-state index in [2.05, 4.69) is 16.6 Å². The third-order valence-corrected chi connectivity index (χ3v) is 2.25. The Labute approximate surface area is 107 Å². The molecule has 0 saturated carbocycles. The van der Waals surface area contributed by atoms with Crippen LogP contribution in [0, 0.1) is 12.3 Å². The second-order valence-corrected chi connectivity index (χ2v) is 3.73. The molecule has 0 bridgehead atoms. The Hall–Kier alpha value is -1.74. The number of carbonyl (C=O) groups is 2. The van der Waals surface area contributed by atoms with E-state index in [4.69, 9.17) is 16.3 Å². The third kappa shape index (κ3) is 8.42. The highest BCUT2D eigenvalue weighted by Crippen LogP contribution is 1.94. The van der Waals surface area contributed by atoms with Crippen molar-refractivity contribution in [2.24, 2.45) is 0 Å². The monoisotopic (exact) mass is 256 g/mol. The Kier molecular flexibility index (Phi) is 9.41. The average molecular weight is 256 g/mol. The first kappa shape index (κ1) is 16.3. The van der Waals surface area contributed by atoms with E-state index in [0.717, 1.165) is 12.8 Å². The maximum Gasteiger partial charge on any atom is 0.326 e. The van der Waals surface area contributed by atoms with Crippen LogP contribution in [0.15, 0.2) is 0 Å². The van der Waals surface area contributed by atoms with Gasteiger partial charge in [0.2, 0.25) is 0 Å². The van der Waals surface area contributed by atoms with Gasteiger partial charge in [-0.3, -0.25) is 0 Å². The molecule has 0 aliphatic carbocycles. The molecule has 1 atom stereocenters. The lowest BCUT2D eigenvalue weighted by Gasteiger charge is -2.14. The van der Waals surface area contributed by atoms with E-state index in [-0.39, 0.29) is 13.0 Å². The molecule has 0 saturated heterocycles. The van der Waals surface area contributed by atoms with Crippen LogP contribution in [-0.4, -0.2) is 43.4 Å². The van der Waals surface area contributed by atoms with Crippen molar-refractivity contribution in [2.75, 3.05) is 20.3 Å². The maximum absolute atomic E-state index is 11.4. The van der Waals surface area contributed by atoms with Gasteiger partial charge in [-0.25, -0.2) is 9.59 Å². The van der Waals surface area contributed by atoms with Gasteiger partial charge in [0, 0.05) is 33.1 Å². The van der Waals surface area contributed by atoms with Gasteiger partial charge in [0.1, 0.15) is 6.04 Å². The first-order valence-corrected chi connectivity index (χ1v) is 5.81. The zero-order valence-electron chi connectivity index (χ0n) is 10.6. The molecule has 0 fully saturated rings. The average Bonchev–Trinajstić information content (AvgIpc) is 2.33. The van der Waals surface area contributed by atoms with Crippen LogP contribution in [0.5, 0.6) is 0 Å².